The molecule has 1 aromatic carbocycles. The van der Waals surface area contributed by atoms with Crippen molar-refractivity contribution in [1.82, 2.24) is 14.9 Å². The van der Waals surface area contributed by atoms with Crippen LogP contribution in [0.15, 0.2) is 54.7 Å². The average molecular weight is 436 g/mol. The first kappa shape index (κ1) is 20.9. The van der Waals surface area contributed by atoms with Gasteiger partial charge in [0.05, 0.1) is 11.6 Å². The monoisotopic (exact) mass is 435 g/mol. The number of piperidine rings is 1. The van der Waals surface area contributed by atoms with E-state index in [0.29, 0.717) is 18.2 Å². The van der Waals surface area contributed by atoms with Gasteiger partial charge >= 0.3 is 6.09 Å². The van der Waals surface area contributed by atoms with Crippen molar-refractivity contribution in [3.8, 4) is 6.07 Å². The highest BCUT2D eigenvalue weighted by atomic mass is 35.5. The Kier molecular flexibility index (Phi) is 6.48. The summed E-state index contributed by atoms with van der Waals surface area (Å²) in [5, 5.41) is 10.6. The van der Waals surface area contributed by atoms with Crippen LogP contribution in [0.25, 0.3) is 10.9 Å². The summed E-state index contributed by atoms with van der Waals surface area (Å²) in [6, 6.07) is 17.5. The first-order valence-corrected chi connectivity index (χ1v) is 10.5. The van der Waals surface area contributed by atoms with Gasteiger partial charge in [-0.15, -0.1) is 0 Å². The number of nitrogens with zero attached hydrogens (tertiary/aromatic N) is 5. The molecule has 1 aliphatic heterocycles. The van der Waals surface area contributed by atoms with Crippen molar-refractivity contribution in [2.45, 2.75) is 25.5 Å². The lowest BCUT2D eigenvalue weighted by Crippen LogP contribution is -2.47. The van der Waals surface area contributed by atoms with Gasteiger partial charge in [0, 0.05) is 36.8 Å². The maximum absolute atomic E-state index is 12.4. The number of halogens is 1. The predicted octanol–water partition coefficient (Wildman–Crippen LogP) is 4.41. The number of hydrogen-bond donors (Lipinski definition) is 0. The van der Waals surface area contributed by atoms with Gasteiger partial charge < -0.3 is 14.5 Å². The second-order valence-electron chi connectivity index (χ2n) is 7.41. The molecule has 7 nitrogen and oxygen atoms in total. The molecule has 0 atom stereocenters. The number of nitriles is 1. The zero-order chi connectivity index (χ0) is 21.6. The molecule has 31 heavy (non-hydrogen) atoms. The van der Waals surface area contributed by atoms with E-state index in [1.165, 1.54) is 0 Å². The van der Waals surface area contributed by atoms with Crippen LogP contribution in [0.5, 0.6) is 0 Å². The number of pyridine rings is 2. The molecule has 0 bridgehead atoms. The lowest BCUT2D eigenvalue weighted by atomic mass is 10.0. The number of benzene rings is 1. The summed E-state index contributed by atoms with van der Waals surface area (Å²) in [4.78, 5) is 24.9. The van der Waals surface area contributed by atoms with E-state index < -0.39 is 0 Å². The molecular weight excluding hydrogens is 414 g/mol. The second kappa shape index (κ2) is 9.63. The smallest absolute Gasteiger partial charge is 0.410 e. The Morgan fingerprint density at radius 2 is 2.00 bits per heavy atom. The SMILES string of the molecule is N#CCN(c1ccc2cnc(Cl)cc2n1)C1CCN(C(=O)OCc2ccccc2)CC1. The van der Waals surface area contributed by atoms with Gasteiger partial charge in [-0.2, -0.15) is 5.26 Å². The van der Waals surface area contributed by atoms with Gasteiger partial charge in [0.25, 0.3) is 0 Å². The van der Waals surface area contributed by atoms with E-state index in [9.17, 15) is 10.1 Å². The van der Waals surface area contributed by atoms with Crippen molar-refractivity contribution in [1.29, 1.82) is 5.26 Å². The van der Waals surface area contributed by atoms with Gasteiger partial charge in [0.2, 0.25) is 0 Å². The summed E-state index contributed by atoms with van der Waals surface area (Å²) in [6.07, 6.45) is 2.85. The van der Waals surface area contributed by atoms with E-state index in [1.807, 2.05) is 47.4 Å². The van der Waals surface area contributed by atoms with Crippen molar-refractivity contribution >= 4 is 34.4 Å². The van der Waals surface area contributed by atoms with Crippen molar-refractivity contribution in [3.63, 3.8) is 0 Å². The zero-order valence-corrected chi connectivity index (χ0v) is 17.7. The van der Waals surface area contributed by atoms with E-state index in [0.717, 1.165) is 35.1 Å². The van der Waals surface area contributed by atoms with E-state index >= 15 is 0 Å². The number of hydrogen-bond acceptors (Lipinski definition) is 6. The Labute approximate surface area is 185 Å². The van der Waals surface area contributed by atoms with Crippen LogP contribution in [0.4, 0.5) is 10.6 Å². The number of carbonyl (C=O) groups excluding carboxylic acids is 1. The third-order valence-corrected chi connectivity index (χ3v) is 5.64. The highest BCUT2D eigenvalue weighted by molar-refractivity contribution is 6.30. The summed E-state index contributed by atoms with van der Waals surface area (Å²) in [7, 11) is 0. The van der Waals surface area contributed by atoms with Crippen LogP contribution in [0.2, 0.25) is 5.15 Å². The molecule has 3 aromatic rings. The standard InChI is InChI=1S/C23H22ClN5O2/c24-21-14-20-18(15-26-21)6-7-22(27-20)29(13-10-25)19-8-11-28(12-9-19)23(30)31-16-17-4-2-1-3-5-17/h1-7,14-15,19H,8-9,11-13,16H2. The Hall–Kier alpha value is -3.37. The molecule has 0 aliphatic carbocycles. The first-order valence-electron chi connectivity index (χ1n) is 10.2. The van der Waals surface area contributed by atoms with Crippen molar-refractivity contribution in [3.05, 3.63) is 65.4 Å². The Morgan fingerprint density at radius 1 is 1.23 bits per heavy atom. The number of anilines is 1. The van der Waals surface area contributed by atoms with Crippen LogP contribution in [0, 0.1) is 11.3 Å². The third kappa shape index (κ3) is 5.04. The van der Waals surface area contributed by atoms with Crippen molar-refractivity contribution in [2.24, 2.45) is 0 Å². The maximum Gasteiger partial charge on any atom is 0.410 e. The van der Waals surface area contributed by atoms with Gasteiger partial charge in [0.15, 0.2) is 0 Å². The summed E-state index contributed by atoms with van der Waals surface area (Å²) < 4.78 is 5.45. The number of rotatable bonds is 5. The molecule has 3 heterocycles. The summed E-state index contributed by atoms with van der Waals surface area (Å²) in [5.74, 6) is 0.724. The van der Waals surface area contributed by atoms with E-state index in [4.69, 9.17) is 21.3 Å². The summed E-state index contributed by atoms with van der Waals surface area (Å²) in [6.45, 7) is 1.63. The molecule has 0 saturated carbocycles. The van der Waals surface area contributed by atoms with Crippen LogP contribution in [0.3, 0.4) is 0 Å². The average Bonchev–Trinajstić information content (AvgIpc) is 2.81. The normalized spacial score (nSPS) is 14.3. The topological polar surface area (TPSA) is 82.4 Å². The van der Waals surface area contributed by atoms with Crippen molar-refractivity contribution < 1.29 is 9.53 Å². The summed E-state index contributed by atoms with van der Waals surface area (Å²) in [5.41, 5.74) is 1.70. The fraction of sp³-hybridized carbons (Fsp3) is 0.304. The number of ether oxygens (including phenoxy) is 1. The fourth-order valence-electron chi connectivity index (χ4n) is 3.78. The lowest BCUT2D eigenvalue weighted by molar-refractivity contribution is 0.0869. The van der Waals surface area contributed by atoms with Crippen LogP contribution < -0.4 is 4.90 Å². The molecule has 0 N–H and O–H groups in total. The predicted molar refractivity (Wildman–Crippen MR) is 119 cm³/mol. The molecule has 1 fully saturated rings. The van der Waals surface area contributed by atoms with Crippen molar-refractivity contribution in [2.75, 3.05) is 24.5 Å². The molecule has 158 valence electrons. The molecule has 4 rings (SSSR count). The molecule has 1 aliphatic rings. The highest BCUT2D eigenvalue weighted by Crippen LogP contribution is 2.25. The second-order valence-corrected chi connectivity index (χ2v) is 7.80. The van der Waals surface area contributed by atoms with Crippen LogP contribution in [0.1, 0.15) is 18.4 Å². The number of fused-ring (bicyclic) bond motifs is 1. The van der Waals surface area contributed by atoms with Gasteiger partial charge in [0.1, 0.15) is 24.1 Å². The maximum atomic E-state index is 12.4. The van der Waals surface area contributed by atoms with Gasteiger partial charge in [-0.25, -0.2) is 14.8 Å². The molecule has 8 heteroatoms. The molecule has 0 spiro atoms. The fourth-order valence-corrected chi connectivity index (χ4v) is 3.94. The van der Waals surface area contributed by atoms with Gasteiger partial charge in [-0.1, -0.05) is 41.9 Å². The molecular formula is C23H22ClN5O2. The van der Waals surface area contributed by atoms with E-state index in [1.54, 1.807) is 17.2 Å². The van der Waals surface area contributed by atoms with E-state index in [2.05, 4.69) is 11.1 Å². The number of likely N-dealkylation sites (tertiary alicyclic amines) is 1. The highest BCUT2D eigenvalue weighted by Gasteiger charge is 2.28. The first-order chi connectivity index (χ1) is 15.1. The summed E-state index contributed by atoms with van der Waals surface area (Å²) >= 11 is 6.00. The molecule has 1 amide bonds. The molecule has 0 unspecified atom stereocenters. The minimum atomic E-state index is -0.305. The molecule has 2 aromatic heterocycles. The van der Waals surface area contributed by atoms with Crippen LogP contribution in [-0.4, -0.2) is 46.6 Å². The number of carbonyl (C=O) groups is 1. The van der Waals surface area contributed by atoms with Crippen LogP contribution >= 0.6 is 11.6 Å². The quantitative estimate of drug-likeness (QED) is 0.436. The van der Waals surface area contributed by atoms with Crippen LogP contribution in [-0.2, 0) is 11.3 Å². The Balaban J connectivity index is 1.40. The Bertz CT molecular complexity index is 1090. The van der Waals surface area contributed by atoms with Gasteiger partial charge in [-0.05, 0) is 30.5 Å². The minimum Gasteiger partial charge on any atom is -0.445 e. The zero-order valence-electron chi connectivity index (χ0n) is 16.9. The van der Waals surface area contributed by atoms with Gasteiger partial charge in [-0.3, -0.25) is 0 Å². The Morgan fingerprint density at radius 3 is 2.74 bits per heavy atom. The molecule has 0 radical (unpaired) electrons. The molecule has 1 saturated heterocycles. The number of amides is 1. The van der Waals surface area contributed by atoms with E-state index in [-0.39, 0.29) is 25.3 Å². The third-order valence-electron chi connectivity index (χ3n) is 5.43. The number of aromatic nitrogens is 2. The lowest BCUT2D eigenvalue weighted by Gasteiger charge is -2.37. The minimum absolute atomic E-state index is 0.111. The largest absolute Gasteiger partial charge is 0.445 e.